The second-order valence-corrected chi connectivity index (χ2v) is 8.49. The summed E-state index contributed by atoms with van der Waals surface area (Å²) >= 11 is 6.08. The van der Waals surface area contributed by atoms with Crippen molar-refractivity contribution in [3.05, 3.63) is 51.6 Å². The summed E-state index contributed by atoms with van der Waals surface area (Å²) in [5.41, 5.74) is 2.11. The van der Waals surface area contributed by atoms with E-state index in [2.05, 4.69) is 15.2 Å². The van der Waals surface area contributed by atoms with Crippen LogP contribution < -0.4 is 5.32 Å². The van der Waals surface area contributed by atoms with Crippen molar-refractivity contribution in [2.45, 2.75) is 38.8 Å². The van der Waals surface area contributed by atoms with Crippen LogP contribution in [0.2, 0.25) is 5.02 Å². The van der Waals surface area contributed by atoms with E-state index >= 15 is 0 Å². The van der Waals surface area contributed by atoms with Crippen molar-refractivity contribution in [1.29, 1.82) is 0 Å². The van der Waals surface area contributed by atoms with Crippen LogP contribution in [0, 0.1) is 11.7 Å². The molecule has 0 unspecified atom stereocenters. The lowest BCUT2D eigenvalue weighted by molar-refractivity contribution is -0.140. The molecule has 0 radical (unpaired) electrons. The number of fused-ring (bicyclic) bond motifs is 1. The number of nitrogens with zero attached hydrogens (tertiary/aromatic N) is 3. The van der Waals surface area contributed by atoms with Gasteiger partial charge >= 0.3 is 5.97 Å². The molecule has 10 heteroatoms. The van der Waals surface area contributed by atoms with E-state index in [0.717, 1.165) is 31.1 Å². The fourth-order valence-electron chi connectivity index (χ4n) is 3.84. The van der Waals surface area contributed by atoms with Crippen molar-refractivity contribution < 1.29 is 23.5 Å². The molecule has 2 aliphatic rings. The molecule has 0 saturated heterocycles. The van der Waals surface area contributed by atoms with Gasteiger partial charge in [-0.25, -0.2) is 4.39 Å². The lowest BCUT2D eigenvalue weighted by Gasteiger charge is -2.28. The van der Waals surface area contributed by atoms with Crippen LogP contribution in [0.15, 0.2) is 18.2 Å². The molecule has 1 saturated carbocycles. The Kier molecular flexibility index (Phi) is 6.45. The summed E-state index contributed by atoms with van der Waals surface area (Å²) in [6.07, 6.45) is 2.89. The number of hydrogen-bond acceptors (Lipinski definition) is 5. The number of carbonyl (C=O) groups excluding carboxylic acids is 3. The van der Waals surface area contributed by atoms with Crippen LogP contribution in [-0.4, -0.2) is 52.7 Å². The zero-order valence-electron chi connectivity index (χ0n) is 17.7. The van der Waals surface area contributed by atoms with Crippen LogP contribution in [0.25, 0.3) is 0 Å². The monoisotopic (exact) mass is 462 g/mol. The molecule has 170 valence electrons. The van der Waals surface area contributed by atoms with E-state index in [9.17, 15) is 18.8 Å². The molecule has 1 aliphatic carbocycles. The Morgan fingerprint density at radius 3 is 2.78 bits per heavy atom. The second-order valence-electron chi connectivity index (χ2n) is 8.08. The van der Waals surface area contributed by atoms with Crippen molar-refractivity contribution in [2.24, 2.45) is 5.92 Å². The third kappa shape index (κ3) is 4.77. The van der Waals surface area contributed by atoms with Crippen molar-refractivity contribution in [2.75, 3.05) is 20.2 Å². The Morgan fingerprint density at radius 2 is 2.09 bits per heavy atom. The summed E-state index contributed by atoms with van der Waals surface area (Å²) in [5.74, 6) is -1.09. The fraction of sp³-hybridized carbons (Fsp3) is 0.455. The van der Waals surface area contributed by atoms with Crippen molar-refractivity contribution in [1.82, 2.24) is 20.0 Å². The van der Waals surface area contributed by atoms with Crippen molar-refractivity contribution >= 4 is 29.4 Å². The van der Waals surface area contributed by atoms with Gasteiger partial charge < -0.3 is 15.0 Å². The molecule has 1 aromatic carbocycles. The number of rotatable bonds is 7. The van der Waals surface area contributed by atoms with Gasteiger partial charge in [0.1, 0.15) is 5.82 Å². The number of esters is 1. The Hall–Kier alpha value is -2.94. The third-order valence-electron chi connectivity index (χ3n) is 5.77. The number of amides is 2. The SMILES string of the molecule is COC(=O)CCNC(=O)c1nn(CC2CC2)c2c1CN(C(=O)c1ccc(F)cc1Cl)CC2. The van der Waals surface area contributed by atoms with Gasteiger partial charge in [0.2, 0.25) is 0 Å². The lowest BCUT2D eigenvalue weighted by Crippen LogP contribution is -2.37. The zero-order chi connectivity index (χ0) is 22.8. The molecular formula is C22H24ClFN4O4. The Bertz CT molecular complexity index is 1070. The van der Waals surface area contributed by atoms with Crippen LogP contribution in [0.3, 0.4) is 0 Å². The standard InChI is InChI=1S/C22H24ClFN4O4/c1-32-19(29)6-8-25-21(30)20-16-12-27(22(31)15-5-4-14(24)10-17(15)23)9-7-18(16)28(26-20)11-13-2-3-13/h4-5,10,13H,2-3,6-9,11-12H2,1H3,(H,25,30). The smallest absolute Gasteiger partial charge is 0.307 e. The summed E-state index contributed by atoms with van der Waals surface area (Å²) in [7, 11) is 1.29. The molecular weight excluding hydrogens is 439 g/mol. The molecule has 8 nitrogen and oxygen atoms in total. The number of nitrogens with one attached hydrogen (secondary N) is 1. The first kappa shape index (κ1) is 22.3. The highest BCUT2D eigenvalue weighted by molar-refractivity contribution is 6.33. The molecule has 2 aromatic rings. The summed E-state index contributed by atoms with van der Waals surface area (Å²) in [6, 6.07) is 3.67. The topological polar surface area (TPSA) is 93.5 Å². The summed E-state index contributed by atoms with van der Waals surface area (Å²) in [5, 5.41) is 7.31. The average Bonchev–Trinajstić information content (AvgIpc) is 3.52. The molecule has 32 heavy (non-hydrogen) atoms. The number of methoxy groups -OCH3 is 1. The highest BCUT2D eigenvalue weighted by Crippen LogP contribution is 2.33. The Labute approximate surface area is 189 Å². The number of halogens is 2. The molecule has 0 bridgehead atoms. The van der Waals surface area contributed by atoms with E-state index < -0.39 is 17.7 Å². The van der Waals surface area contributed by atoms with Gasteiger partial charge in [0.15, 0.2) is 5.69 Å². The first-order valence-electron chi connectivity index (χ1n) is 10.5. The summed E-state index contributed by atoms with van der Waals surface area (Å²) in [6.45, 7) is 1.52. The van der Waals surface area contributed by atoms with E-state index in [0.29, 0.717) is 24.4 Å². The highest BCUT2D eigenvalue weighted by Gasteiger charge is 2.33. The first-order valence-corrected chi connectivity index (χ1v) is 10.9. The third-order valence-corrected chi connectivity index (χ3v) is 6.08. The Balaban J connectivity index is 1.56. The minimum absolute atomic E-state index is 0.0472. The van der Waals surface area contributed by atoms with E-state index in [4.69, 9.17) is 11.6 Å². The van der Waals surface area contributed by atoms with Crippen LogP contribution in [0.4, 0.5) is 4.39 Å². The van der Waals surface area contributed by atoms with Crippen LogP contribution in [0.1, 0.15) is 51.4 Å². The van der Waals surface area contributed by atoms with E-state index in [-0.39, 0.29) is 41.7 Å². The maximum atomic E-state index is 13.4. The predicted octanol–water partition coefficient (Wildman–Crippen LogP) is 2.58. The Morgan fingerprint density at radius 1 is 1.31 bits per heavy atom. The number of aromatic nitrogens is 2. The van der Waals surface area contributed by atoms with E-state index in [1.807, 2.05) is 4.68 Å². The van der Waals surface area contributed by atoms with Gasteiger partial charge in [-0.05, 0) is 37.0 Å². The van der Waals surface area contributed by atoms with Gasteiger partial charge in [-0.3, -0.25) is 19.1 Å². The lowest BCUT2D eigenvalue weighted by atomic mass is 10.0. The molecule has 0 spiro atoms. The van der Waals surface area contributed by atoms with E-state index in [1.165, 1.54) is 19.2 Å². The molecule has 1 N–H and O–H groups in total. The van der Waals surface area contributed by atoms with Crippen LogP contribution >= 0.6 is 11.6 Å². The highest BCUT2D eigenvalue weighted by atomic mass is 35.5. The summed E-state index contributed by atoms with van der Waals surface area (Å²) < 4.78 is 19.9. The molecule has 1 aliphatic heterocycles. The number of hydrogen-bond donors (Lipinski definition) is 1. The summed E-state index contributed by atoms with van der Waals surface area (Å²) in [4.78, 5) is 38.8. The number of benzene rings is 1. The normalized spacial score (nSPS) is 15.3. The zero-order valence-corrected chi connectivity index (χ0v) is 18.5. The number of carbonyl (C=O) groups is 3. The van der Waals surface area contributed by atoms with Gasteiger partial charge in [0.25, 0.3) is 11.8 Å². The fourth-order valence-corrected chi connectivity index (χ4v) is 4.09. The van der Waals surface area contributed by atoms with Crippen LogP contribution in [0.5, 0.6) is 0 Å². The quantitative estimate of drug-likeness (QED) is 0.638. The number of ether oxygens (including phenoxy) is 1. The minimum atomic E-state index is -0.514. The molecule has 1 fully saturated rings. The van der Waals surface area contributed by atoms with Crippen molar-refractivity contribution in [3.8, 4) is 0 Å². The maximum Gasteiger partial charge on any atom is 0.307 e. The van der Waals surface area contributed by atoms with Crippen molar-refractivity contribution in [3.63, 3.8) is 0 Å². The van der Waals surface area contributed by atoms with E-state index in [1.54, 1.807) is 4.90 Å². The molecule has 2 amide bonds. The first-order chi connectivity index (χ1) is 15.4. The van der Waals surface area contributed by atoms with Gasteiger partial charge in [-0.1, -0.05) is 11.6 Å². The molecule has 1 aromatic heterocycles. The predicted molar refractivity (Wildman–Crippen MR) is 114 cm³/mol. The van der Waals surface area contributed by atoms with Crippen LogP contribution in [-0.2, 0) is 29.0 Å². The van der Waals surface area contributed by atoms with Gasteiger partial charge in [0, 0.05) is 37.3 Å². The largest absolute Gasteiger partial charge is 0.469 e. The molecule has 0 atom stereocenters. The van der Waals surface area contributed by atoms with Gasteiger partial charge in [0.05, 0.1) is 30.7 Å². The maximum absolute atomic E-state index is 13.4. The minimum Gasteiger partial charge on any atom is -0.469 e. The average molecular weight is 463 g/mol. The van der Waals surface area contributed by atoms with Gasteiger partial charge in [-0.2, -0.15) is 5.10 Å². The second kappa shape index (κ2) is 9.28. The molecule has 2 heterocycles. The van der Waals surface area contributed by atoms with Gasteiger partial charge in [-0.15, -0.1) is 0 Å². The molecule has 4 rings (SSSR count).